The van der Waals surface area contributed by atoms with E-state index in [2.05, 4.69) is 5.10 Å². The van der Waals surface area contributed by atoms with Crippen molar-refractivity contribution in [2.45, 2.75) is 6.92 Å². The zero-order chi connectivity index (χ0) is 10.3. The Labute approximate surface area is 81.9 Å². The van der Waals surface area contributed by atoms with Gasteiger partial charge in [0.25, 0.3) is 0 Å². The molecule has 2 N–H and O–H groups in total. The van der Waals surface area contributed by atoms with E-state index in [-0.39, 0.29) is 0 Å². The van der Waals surface area contributed by atoms with Gasteiger partial charge in [-0.1, -0.05) is 12.1 Å². The van der Waals surface area contributed by atoms with E-state index in [1.807, 2.05) is 14.0 Å². The Morgan fingerprint density at radius 3 is 2.71 bits per heavy atom. The predicted octanol–water partition coefficient (Wildman–Crippen LogP) is -0.438. The Morgan fingerprint density at radius 2 is 2.07 bits per heavy atom. The van der Waals surface area contributed by atoms with Crippen molar-refractivity contribution in [3.05, 3.63) is 23.9 Å². The summed E-state index contributed by atoms with van der Waals surface area (Å²) in [5.74, 6) is 0. The first-order chi connectivity index (χ1) is 6.59. The molecule has 72 valence electrons. The molecule has 0 aliphatic rings. The van der Waals surface area contributed by atoms with Crippen molar-refractivity contribution in [3.63, 3.8) is 0 Å². The van der Waals surface area contributed by atoms with Crippen LogP contribution in [-0.4, -0.2) is 26.9 Å². The van der Waals surface area contributed by atoms with Gasteiger partial charge in [0.05, 0.1) is 5.52 Å². The first kappa shape index (κ1) is 9.24. The Balaban J connectivity index is 2.69. The summed E-state index contributed by atoms with van der Waals surface area (Å²) in [6.07, 6.45) is 0. The highest BCUT2D eigenvalue weighted by Crippen LogP contribution is 2.14. The first-order valence-corrected chi connectivity index (χ1v) is 4.39. The van der Waals surface area contributed by atoms with E-state index in [0.717, 1.165) is 16.6 Å². The number of nitrogens with zero attached hydrogens (tertiary/aromatic N) is 2. The summed E-state index contributed by atoms with van der Waals surface area (Å²) in [7, 11) is 0.448. The van der Waals surface area contributed by atoms with Gasteiger partial charge >= 0.3 is 7.12 Å². The summed E-state index contributed by atoms with van der Waals surface area (Å²) in [4.78, 5) is 0. The van der Waals surface area contributed by atoms with E-state index in [1.165, 1.54) is 0 Å². The number of hydrogen-bond acceptors (Lipinski definition) is 3. The number of hydrogen-bond donors (Lipinski definition) is 2. The van der Waals surface area contributed by atoms with Gasteiger partial charge in [-0.25, -0.2) is 0 Å². The Kier molecular flexibility index (Phi) is 2.05. The zero-order valence-corrected chi connectivity index (χ0v) is 8.10. The largest absolute Gasteiger partial charge is 0.488 e. The Morgan fingerprint density at radius 1 is 1.36 bits per heavy atom. The second-order valence-corrected chi connectivity index (χ2v) is 3.36. The van der Waals surface area contributed by atoms with Crippen molar-refractivity contribution in [2.75, 3.05) is 0 Å². The van der Waals surface area contributed by atoms with Gasteiger partial charge in [-0.15, -0.1) is 0 Å². The van der Waals surface area contributed by atoms with Gasteiger partial charge in [-0.05, 0) is 18.5 Å². The topological polar surface area (TPSA) is 58.3 Å². The van der Waals surface area contributed by atoms with Crippen LogP contribution < -0.4 is 5.46 Å². The van der Waals surface area contributed by atoms with Gasteiger partial charge in [0.1, 0.15) is 0 Å². The summed E-state index contributed by atoms with van der Waals surface area (Å²) >= 11 is 0. The van der Waals surface area contributed by atoms with E-state index < -0.39 is 7.12 Å². The summed E-state index contributed by atoms with van der Waals surface area (Å²) < 4.78 is 1.78. The average Bonchev–Trinajstić information content (AvgIpc) is 2.43. The molecule has 2 aromatic rings. The van der Waals surface area contributed by atoms with E-state index >= 15 is 0 Å². The molecule has 0 atom stereocenters. The zero-order valence-electron chi connectivity index (χ0n) is 8.10. The van der Waals surface area contributed by atoms with Gasteiger partial charge in [-0.3, -0.25) is 4.68 Å². The monoisotopic (exact) mass is 190 g/mol. The molecule has 0 unspecified atom stereocenters. The molecule has 4 nitrogen and oxygen atoms in total. The molecule has 0 saturated heterocycles. The normalized spacial score (nSPS) is 10.9. The standard InChI is InChI=1S/C9H11BN2O2/c1-6-8-5-7(10(13)14)3-4-9(8)11-12(6)2/h3-5,13-14H,1-2H3. The molecular formula is C9H11BN2O2. The minimum absolute atomic E-state index is 0.494. The average molecular weight is 190 g/mol. The highest BCUT2D eigenvalue weighted by molar-refractivity contribution is 6.58. The summed E-state index contributed by atoms with van der Waals surface area (Å²) in [5, 5.41) is 23.2. The Bertz CT molecular complexity index is 479. The van der Waals surface area contributed by atoms with Crippen LogP contribution in [-0.2, 0) is 7.05 Å². The van der Waals surface area contributed by atoms with E-state index in [1.54, 1.807) is 22.9 Å². The lowest BCUT2D eigenvalue weighted by Gasteiger charge is -1.98. The van der Waals surface area contributed by atoms with Crippen LogP contribution in [0.5, 0.6) is 0 Å². The second-order valence-electron chi connectivity index (χ2n) is 3.36. The Hall–Kier alpha value is -1.33. The summed E-state index contributed by atoms with van der Waals surface area (Å²) in [6.45, 7) is 1.95. The molecule has 0 fully saturated rings. The third kappa shape index (κ3) is 1.30. The highest BCUT2D eigenvalue weighted by atomic mass is 16.4. The fraction of sp³-hybridized carbons (Fsp3) is 0.222. The fourth-order valence-electron chi connectivity index (χ4n) is 1.50. The molecule has 0 bridgehead atoms. The predicted molar refractivity (Wildman–Crippen MR) is 55.3 cm³/mol. The van der Waals surface area contributed by atoms with Crippen LogP contribution in [0.2, 0.25) is 0 Å². The summed E-state index contributed by atoms with van der Waals surface area (Å²) in [6, 6.07) is 5.21. The third-order valence-electron chi connectivity index (χ3n) is 2.45. The van der Waals surface area contributed by atoms with Crippen molar-refractivity contribution in [1.82, 2.24) is 9.78 Å². The second kappa shape index (κ2) is 3.11. The number of aromatic nitrogens is 2. The first-order valence-electron chi connectivity index (χ1n) is 4.39. The lowest BCUT2D eigenvalue weighted by Crippen LogP contribution is -2.29. The molecule has 14 heavy (non-hydrogen) atoms. The maximum Gasteiger partial charge on any atom is 0.488 e. The molecule has 5 heteroatoms. The molecule has 1 heterocycles. The highest BCUT2D eigenvalue weighted by Gasteiger charge is 2.13. The smallest absolute Gasteiger partial charge is 0.423 e. The van der Waals surface area contributed by atoms with E-state index in [0.29, 0.717) is 5.46 Å². The number of benzene rings is 1. The SMILES string of the molecule is Cc1c2cc(B(O)O)ccc2nn1C. The lowest BCUT2D eigenvalue weighted by atomic mass is 9.80. The van der Waals surface area contributed by atoms with Crippen molar-refractivity contribution >= 4 is 23.5 Å². The minimum atomic E-state index is -1.42. The van der Waals surface area contributed by atoms with Crippen LogP contribution in [0.25, 0.3) is 10.9 Å². The quantitative estimate of drug-likeness (QED) is 0.599. The minimum Gasteiger partial charge on any atom is -0.423 e. The maximum absolute atomic E-state index is 9.01. The molecule has 1 aromatic carbocycles. The third-order valence-corrected chi connectivity index (χ3v) is 2.45. The van der Waals surface area contributed by atoms with Crippen molar-refractivity contribution < 1.29 is 10.0 Å². The van der Waals surface area contributed by atoms with Crippen LogP contribution in [0, 0.1) is 6.92 Å². The molecule has 0 aliphatic carbocycles. The lowest BCUT2D eigenvalue weighted by molar-refractivity contribution is 0.426. The molecule has 0 spiro atoms. The van der Waals surface area contributed by atoms with Gasteiger partial charge in [0.2, 0.25) is 0 Å². The van der Waals surface area contributed by atoms with Crippen LogP contribution in [0.15, 0.2) is 18.2 Å². The molecule has 0 amide bonds. The van der Waals surface area contributed by atoms with E-state index in [9.17, 15) is 0 Å². The molecule has 2 rings (SSSR count). The van der Waals surface area contributed by atoms with Crippen LogP contribution >= 0.6 is 0 Å². The van der Waals surface area contributed by atoms with Gasteiger partial charge in [0.15, 0.2) is 0 Å². The van der Waals surface area contributed by atoms with E-state index in [4.69, 9.17) is 10.0 Å². The molecule has 0 radical (unpaired) electrons. The van der Waals surface area contributed by atoms with Gasteiger partial charge in [-0.2, -0.15) is 5.10 Å². The van der Waals surface area contributed by atoms with Crippen molar-refractivity contribution in [2.24, 2.45) is 7.05 Å². The van der Waals surface area contributed by atoms with Gasteiger partial charge < -0.3 is 10.0 Å². The summed E-state index contributed by atoms with van der Waals surface area (Å²) in [5.41, 5.74) is 2.38. The van der Waals surface area contributed by atoms with Crippen LogP contribution in [0.4, 0.5) is 0 Å². The maximum atomic E-state index is 9.01. The number of fused-ring (bicyclic) bond motifs is 1. The van der Waals surface area contributed by atoms with Crippen molar-refractivity contribution in [3.8, 4) is 0 Å². The fourth-order valence-corrected chi connectivity index (χ4v) is 1.50. The molecular weight excluding hydrogens is 179 g/mol. The molecule has 1 aromatic heterocycles. The number of rotatable bonds is 1. The van der Waals surface area contributed by atoms with Crippen LogP contribution in [0.1, 0.15) is 5.69 Å². The van der Waals surface area contributed by atoms with Crippen LogP contribution in [0.3, 0.4) is 0 Å². The molecule has 0 aliphatic heterocycles. The van der Waals surface area contributed by atoms with Gasteiger partial charge in [0, 0.05) is 18.1 Å². The molecule has 0 saturated carbocycles. The number of aryl methyl sites for hydroxylation is 2. The van der Waals surface area contributed by atoms with Crippen molar-refractivity contribution in [1.29, 1.82) is 0 Å².